The molecule has 1 unspecified atom stereocenters. The van der Waals surface area contributed by atoms with Crippen molar-refractivity contribution in [3.63, 3.8) is 0 Å². The van der Waals surface area contributed by atoms with Crippen LogP contribution >= 0.6 is 0 Å². The van der Waals surface area contributed by atoms with Crippen LogP contribution < -0.4 is 10.1 Å². The molecule has 2 rings (SSSR count). The van der Waals surface area contributed by atoms with E-state index >= 15 is 0 Å². The molecule has 20 heavy (non-hydrogen) atoms. The van der Waals surface area contributed by atoms with Crippen molar-refractivity contribution in [2.75, 3.05) is 13.2 Å². The van der Waals surface area contributed by atoms with Crippen LogP contribution in [0.3, 0.4) is 0 Å². The highest BCUT2D eigenvalue weighted by atomic mass is 16.5. The molecule has 2 aromatic rings. The fraction of sp³-hybridized carbons (Fsp3) is 0.333. The predicted molar refractivity (Wildman–Crippen MR) is 84.2 cm³/mol. The van der Waals surface area contributed by atoms with E-state index in [0.29, 0.717) is 6.61 Å². The summed E-state index contributed by atoms with van der Waals surface area (Å²) in [6.45, 7) is 5.85. The molecule has 0 saturated carbocycles. The third-order valence-corrected chi connectivity index (χ3v) is 3.40. The summed E-state index contributed by atoms with van der Waals surface area (Å²) in [7, 11) is 0. The highest BCUT2D eigenvalue weighted by Crippen LogP contribution is 2.17. The Balaban J connectivity index is 1.98. The fourth-order valence-corrected chi connectivity index (χ4v) is 2.21. The second-order valence-electron chi connectivity index (χ2n) is 4.83. The number of hydrogen-bond donors (Lipinski definition) is 1. The molecule has 0 saturated heterocycles. The van der Waals surface area contributed by atoms with Gasteiger partial charge in [-0.2, -0.15) is 0 Å². The molecule has 0 heterocycles. The van der Waals surface area contributed by atoms with E-state index in [0.717, 1.165) is 18.7 Å². The lowest BCUT2D eigenvalue weighted by molar-refractivity contribution is 0.268. The monoisotopic (exact) mass is 269 g/mol. The molecule has 0 aliphatic carbocycles. The van der Waals surface area contributed by atoms with Gasteiger partial charge in [0.05, 0.1) is 6.04 Å². The van der Waals surface area contributed by atoms with Gasteiger partial charge in [-0.3, -0.25) is 0 Å². The van der Waals surface area contributed by atoms with Crippen LogP contribution in [-0.2, 0) is 6.42 Å². The maximum Gasteiger partial charge on any atom is 0.119 e. The average molecular weight is 269 g/mol. The quantitative estimate of drug-likeness (QED) is 0.821. The summed E-state index contributed by atoms with van der Waals surface area (Å²) < 4.78 is 5.91. The third kappa shape index (κ3) is 4.10. The van der Waals surface area contributed by atoms with Crippen LogP contribution in [0.2, 0.25) is 0 Å². The Kier molecular flexibility index (Phi) is 5.63. The summed E-state index contributed by atoms with van der Waals surface area (Å²) in [5, 5.41) is 3.47. The molecule has 0 amide bonds. The minimum atomic E-state index is 0.229. The molecular weight excluding hydrogens is 246 g/mol. The van der Waals surface area contributed by atoms with E-state index < -0.39 is 0 Å². The molecule has 2 aromatic carbocycles. The first-order valence-corrected chi connectivity index (χ1v) is 7.33. The van der Waals surface area contributed by atoms with Crippen molar-refractivity contribution < 1.29 is 4.74 Å². The first kappa shape index (κ1) is 14.6. The van der Waals surface area contributed by atoms with Gasteiger partial charge in [0, 0.05) is 0 Å². The highest BCUT2D eigenvalue weighted by Gasteiger charge is 2.10. The van der Waals surface area contributed by atoms with Crippen LogP contribution in [0.4, 0.5) is 0 Å². The van der Waals surface area contributed by atoms with Crippen molar-refractivity contribution in [1.29, 1.82) is 0 Å². The van der Waals surface area contributed by atoms with E-state index in [2.05, 4.69) is 55.6 Å². The minimum Gasteiger partial charge on any atom is -0.492 e. The number of hydrogen-bond acceptors (Lipinski definition) is 2. The van der Waals surface area contributed by atoms with Gasteiger partial charge in [0.2, 0.25) is 0 Å². The summed E-state index contributed by atoms with van der Waals surface area (Å²) in [6.07, 6.45) is 1.06. The van der Waals surface area contributed by atoms with Crippen molar-refractivity contribution in [3.8, 4) is 5.75 Å². The summed E-state index contributed by atoms with van der Waals surface area (Å²) in [5.74, 6) is 0.932. The zero-order valence-corrected chi connectivity index (χ0v) is 12.3. The van der Waals surface area contributed by atoms with Gasteiger partial charge in [-0.25, -0.2) is 0 Å². The smallest absolute Gasteiger partial charge is 0.119 e. The van der Waals surface area contributed by atoms with Gasteiger partial charge < -0.3 is 10.1 Å². The molecule has 2 nitrogen and oxygen atoms in total. The number of benzene rings is 2. The van der Waals surface area contributed by atoms with E-state index in [1.165, 1.54) is 11.1 Å². The normalized spacial score (nSPS) is 12.1. The van der Waals surface area contributed by atoms with Crippen molar-refractivity contribution in [3.05, 3.63) is 65.7 Å². The first-order chi connectivity index (χ1) is 9.83. The Hall–Kier alpha value is -1.80. The molecule has 1 atom stereocenters. The maximum atomic E-state index is 5.91. The molecule has 0 aliphatic rings. The highest BCUT2D eigenvalue weighted by molar-refractivity contribution is 5.27. The minimum absolute atomic E-state index is 0.229. The zero-order chi connectivity index (χ0) is 14.2. The Morgan fingerprint density at radius 3 is 2.25 bits per heavy atom. The van der Waals surface area contributed by atoms with Crippen molar-refractivity contribution in [2.24, 2.45) is 0 Å². The van der Waals surface area contributed by atoms with Gasteiger partial charge in [0.25, 0.3) is 0 Å². The topological polar surface area (TPSA) is 21.3 Å². The summed E-state index contributed by atoms with van der Waals surface area (Å²) >= 11 is 0. The van der Waals surface area contributed by atoms with Gasteiger partial charge in [0.15, 0.2) is 0 Å². The van der Waals surface area contributed by atoms with E-state index in [1.54, 1.807) is 0 Å². The van der Waals surface area contributed by atoms with Crippen LogP contribution in [0.15, 0.2) is 54.6 Å². The summed E-state index contributed by atoms with van der Waals surface area (Å²) in [6, 6.07) is 19.0. The van der Waals surface area contributed by atoms with Crippen molar-refractivity contribution in [2.45, 2.75) is 26.3 Å². The Morgan fingerprint density at radius 1 is 0.950 bits per heavy atom. The summed E-state index contributed by atoms with van der Waals surface area (Å²) in [5.41, 5.74) is 2.60. The number of ether oxygens (including phenoxy) is 1. The van der Waals surface area contributed by atoms with Gasteiger partial charge in [-0.15, -0.1) is 0 Å². The Morgan fingerprint density at radius 2 is 1.65 bits per heavy atom. The van der Waals surface area contributed by atoms with Gasteiger partial charge in [-0.05, 0) is 36.2 Å². The Labute approximate surface area is 121 Å². The number of nitrogens with one attached hydrogen (secondary N) is 1. The largest absolute Gasteiger partial charge is 0.492 e. The molecule has 0 aliphatic heterocycles. The number of aryl methyl sites for hydroxylation is 1. The standard InChI is InChI=1S/C18H23NO/c1-3-15-10-12-17(13-11-15)20-14-18(19-4-2)16-8-6-5-7-9-16/h5-13,18-19H,3-4,14H2,1-2H3. The predicted octanol–water partition coefficient (Wildman–Crippen LogP) is 3.98. The second-order valence-corrected chi connectivity index (χ2v) is 4.83. The van der Waals surface area contributed by atoms with Gasteiger partial charge >= 0.3 is 0 Å². The molecular formula is C18H23NO. The fourth-order valence-electron chi connectivity index (χ4n) is 2.21. The van der Waals surface area contributed by atoms with E-state index in [9.17, 15) is 0 Å². The molecule has 0 aromatic heterocycles. The average Bonchev–Trinajstić information content (AvgIpc) is 2.53. The van der Waals surface area contributed by atoms with E-state index in [4.69, 9.17) is 4.74 Å². The summed E-state index contributed by atoms with van der Waals surface area (Å²) in [4.78, 5) is 0. The van der Waals surface area contributed by atoms with E-state index in [-0.39, 0.29) is 6.04 Å². The molecule has 0 bridgehead atoms. The van der Waals surface area contributed by atoms with Gasteiger partial charge in [-0.1, -0.05) is 56.3 Å². The molecule has 0 radical (unpaired) electrons. The number of rotatable bonds is 7. The van der Waals surface area contributed by atoms with E-state index in [1.807, 2.05) is 18.2 Å². The lowest BCUT2D eigenvalue weighted by Crippen LogP contribution is -2.26. The van der Waals surface area contributed by atoms with Gasteiger partial charge in [0.1, 0.15) is 12.4 Å². The maximum absolute atomic E-state index is 5.91. The van der Waals surface area contributed by atoms with Crippen LogP contribution in [0.1, 0.15) is 31.0 Å². The second kappa shape index (κ2) is 7.71. The van der Waals surface area contributed by atoms with Crippen LogP contribution in [-0.4, -0.2) is 13.2 Å². The molecule has 2 heteroatoms. The molecule has 0 spiro atoms. The zero-order valence-electron chi connectivity index (χ0n) is 12.3. The number of likely N-dealkylation sites (N-methyl/N-ethyl adjacent to an activating group) is 1. The SMILES string of the molecule is CCNC(COc1ccc(CC)cc1)c1ccccc1. The van der Waals surface area contributed by atoms with Crippen LogP contribution in [0, 0.1) is 0 Å². The molecule has 106 valence electrons. The third-order valence-electron chi connectivity index (χ3n) is 3.40. The van der Waals surface area contributed by atoms with Crippen LogP contribution in [0.5, 0.6) is 5.75 Å². The van der Waals surface area contributed by atoms with Crippen molar-refractivity contribution >= 4 is 0 Å². The van der Waals surface area contributed by atoms with Crippen LogP contribution in [0.25, 0.3) is 0 Å². The first-order valence-electron chi connectivity index (χ1n) is 7.33. The lowest BCUT2D eigenvalue weighted by Gasteiger charge is -2.19. The van der Waals surface area contributed by atoms with Crippen molar-refractivity contribution in [1.82, 2.24) is 5.32 Å². The Bertz CT molecular complexity index is 493. The lowest BCUT2D eigenvalue weighted by atomic mass is 10.1. The molecule has 0 fully saturated rings. The molecule has 1 N–H and O–H groups in total.